The molecule has 7 nitrogen and oxygen atoms in total. The molecule has 8 heteroatoms. The molecular weight excluding hydrogens is 337 g/mol. The number of rotatable bonds is 4. The Bertz CT molecular complexity index is 978. The molecule has 1 aromatic carbocycles. The molecule has 2 atom stereocenters. The van der Waals surface area contributed by atoms with Gasteiger partial charge < -0.3 is 16.5 Å². The number of hydrogen-bond acceptors (Lipinski definition) is 5. The second kappa shape index (κ2) is 6.12. The standard InChI is InChI=1S/C18H24FN5O2/c1-10-15(22-8-11(6-7-20)14(19)9-22)5-4-13-16(10)23(12-2-3-12)18(26)24(21)17(13)25/h4-5,11-12,14H,2-3,6-9,20-21H2,1H3/t11-,14+/m1/s1. The van der Waals surface area contributed by atoms with Gasteiger partial charge in [-0.2, -0.15) is 4.68 Å². The molecule has 4 rings (SSSR count). The van der Waals surface area contributed by atoms with E-state index in [2.05, 4.69) is 0 Å². The topological polar surface area (TPSA) is 99.3 Å². The smallest absolute Gasteiger partial charge is 0.350 e. The summed E-state index contributed by atoms with van der Waals surface area (Å²) in [6, 6.07) is 3.61. The van der Waals surface area contributed by atoms with Crippen molar-refractivity contribution >= 4 is 16.6 Å². The van der Waals surface area contributed by atoms with Gasteiger partial charge in [-0.3, -0.25) is 9.36 Å². The third-order valence-electron chi connectivity index (χ3n) is 5.66. The van der Waals surface area contributed by atoms with Crippen LogP contribution in [-0.2, 0) is 0 Å². The van der Waals surface area contributed by atoms with Crippen LogP contribution in [0.4, 0.5) is 10.1 Å². The van der Waals surface area contributed by atoms with Crippen molar-refractivity contribution in [1.82, 2.24) is 9.24 Å². The van der Waals surface area contributed by atoms with Gasteiger partial charge in [0.1, 0.15) is 6.17 Å². The third kappa shape index (κ3) is 2.51. The quantitative estimate of drug-likeness (QED) is 0.779. The fourth-order valence-corrected chi connectivity index (χ4v) is 4.13. The molecule has 0 unspecified atom stereocenters. The molecule has 0 spiro atoms. The number of nitrogen functional groups attached to an aromatic ring is 1. The van der Waals surface area contributed by atoms with Crippen molar-refractivity contribution in [2.24, 2.45) is 11.7 Å². The third-order valence-corrected chi connectivity index (χ3v) is 5.66. The SMILES string of the molecule is Cc1c(N2C[C@@H](CCN)[C@@H](F)C2)ccc2c(=O)n(N)c(=O)n(C3CC3)c12. The number of aryl methyl sites for hydroxylation is 1. The van der Waals surface area contributed by atoms with Gasteiger partial charge in [-0.05, 0) is 50.4 Å². The van der Waals surface area contributed by atoms with Crippen LogP contribution in [0.2, 0.25) is 0 Å². The van der Waals surface area contributed by atoms with E-state index in [1.807, 2.05) is 17.9 Å². The molecule has 1 aromatic heterocycles. The summed E-state index contributed by atoms with van der Waals surface area (Å²) in [5.41, 5.74) is 6.92. The van der Waals surface area contributed by atoms with Crippen LogP contribution in [0.15, 0.2) is 21.7 Å². The summed E-state index contributed by atoms with van der Waals surface area (Å²) in [6.45, 7) is 3.25. The van der Waals surface area contributed by atoms with Crippen molar-refractivity contribution in [3.8, 4) is 0 Å². The average molecular weight is 361 g/mol. The lowest BCUT2D eigenvalue weighted by Gasteiger charge is -2.23. The molecule has 1 saturated carbocycles. The second-order valence-electron chi connectivity index (χ2n) is 7.42. The maximum Gasteiger partial charge on any atom is 0.350 e. The Balaban J connectivity index is 1.88. The second-order valence-corrected chi connectivity index (χ2v) is 7.42. The number of benzene rings is 1. The van der Waals surface area contributed by atoms with Crippen molar-refractivity contribution in [3.63, 3.8) is 0 Å². The highest BCUT2D eigenvalue weighted by Crippen LogP contribution is 2.38. The van der Waals surface area contributed by atoms with Crippen LogP contribution in [-0.4, -0.2) is 35.0 Å². The lowest BCUT2D eigenvalue weighted by atomic mass is 10.0. The number of hydrogen-bond donors (Lipinski definition) is 2. The minimum Gasteiger partial charge on any atom is -0.368 e. The van der Waals surface area contributed by atoms with Gasteiger partial charge in [0, 0.05) is 30.7 Å². The van der Waals surface area contributed by atoms with E-state index < -0.39 is 17.4 Å². The first-order valence-electron chi connectivity index (χ1n) is 9.09. The molecular formula is C18H24FN5O2. The first-order chi connectivity index (χ1) is 12.4. The van der Waals surface area contributed by atoms with Crippen LogP contribution >= 0.6 is 0 Å². The number of alkyl halides is 1. The Morgan fingerprint density at radius 3 is 2.62 bits per heavy atom. The maximum absolute atomic E-state index is 14.3. The number of nitrogens with two attached hydrogens (primary N) is 2. The molecule has 26 heavy (non-hydrogen) atoms. The monoisotopic (exact) mass is 361 g/mol. The Hall–Kier alpha value is -2.35. The van der Waals surface area contributed by atoms with E-state index in [0.29, 0.717) is 41.6 Å². The lowest BCUT2D eigenvalue weighted by molar-refractivity contribution is 0.275. The molecule has 0 bridgehead atoms. The highest BCUT2D eigenvalue weighted by atomic mass is 19.1. The summed E-state index contributed by atoms with van der Waals surface area (Å²) in [4.78, 5) is 27.0. The Morgan fingerprint density at radius 1 is 1.23 bits per heavy atom. The van der Waals surface area contributed by atoms with Crippen molar-refractivity contribution in [2.75, 3.05) is 30.4 Å². The van der Waals surface area contributed by atoms with Crippen LogP contribution in [0.1, 0.15) is 30.9 Å². The van der Waals surface area contributed by atoms with E-state index in [0.717, 1.165) is 24.1 Å². The zero-order valence-corrected chi connectivity index (χ0v) is 14.8. The van der Waals surface area contributed by atoms with Crippen LogP contribution < -0.4 is 27.7 Å². The molecule has 1 aliphatic carbocycles. The van der Waals surface area contributed by atoms with E-state index in [1.54, 1.807) is 10.6 Å². The van der Waals surface area contributed by atoms with Gasteiger partial charge in [0.25, 0.3) is 5.56 Å². The van der Waals surface area contributed by atoms with Crippen LogP contribution in [0.25, 0.3) is 10.9 Å². The molecule has 2 fully saturated rings. The van der Waals surface area contributed by atoms with Crippen molar-refractivity contribution in [2.45, 2.75) is 38.4 Å². The zero-order chi connectivity index (χ0) is 18.6. The Labute approximate surface area is 150 Å². The number of halogens is 1. The van der Waals surface area contributed by atoms with E-state index in [4.69, 9.17) is 11.6 Å². The summed E-state index contributed by atoms with van der Waals surface area (Å²) in [5.74, 6) is 5.61. The summed E-state index contributed by atoms with van der Waals surface area (Å²) < 4.78 is 16.7. The van der Waals surface area contributed by atoms with Crippen molar-refractivity contribution in [3.05, 3.63) is 38.5 Å². The highest BCUT2D eigenvalue weighted by molar-refractivity contribution is 5.87. The van der Waals surface area contributed by atoms with Gasteiger partial charge in [0.2, 0.25) is 0 Å². The average Bonchev–Trinajstić information content (AvgIpc) is 3.38. The minimum absolute atomic E-state index is 0.0758. The van der Waals surface area contributed by atoms with E-state index in [9.17, 15) is 14.0 Å². The molecule has 1 aliphatic heterocycles. The van der Waals surface area contributed by atoms with Crippen LogP contribution in [0.5, 0.6) is 0 Å². The number of nitrogens with zero attached hydrogens (tertiary/aromatic N) is 3. The lowest BCUT2D eigenvalue weighted by Crippen LogP contribution is -2.44. The van der Waals surface area contributed by atoms with Gasteiger partial charge in [-0.15, -0.1) is 0 Å². The van der Waals surface area contributed by atoms with Gasteiger partial charge in [-0.1, -0.05) is 0 Å². The van der Waals surface area contributed by atoms with Gasteiger partial charge in [-0.25, -0.2) is 9.18 Å². The predicted molar refractivity (Wildman–Crippen MR) is 99.9 cm³/mol. The summed E-state index contributed by atoms with van der Waals surface area (Å²) >= 11 is 0. The van der Waals surface area contributed by atoms with Crippen LogP contribution in [0, 0.1) is 12.8 Å². The zero-order valence-electron chi connectivity index (χ0n) is 14.8. The number of fused-ring (bicyclic) bond motifs is 1. The first kappa shape index (κ1) is 17.1. The normalized spacial score (nSPS) is 23.1. The molecule has 4 N–H and O–H groups in total. The highest BCUT2D eigenvalue weighted by Gasteiger charge is 2.34. The Kier molecular flexibility index (Phi) is 4.02. The summed E-state index contributed by atoms with van der Waals surface area (Å²) in [7, 11) is 0. The number of anilines is 1. The van der Waals surface area contributed by atoms with Crippen molar-refractivity contribution < 1.29 is 4.39 Å². The Morgan fingerprint density at radius 2 is 1.96 bits per heavy atom. The van der Waals surface area contributed by atoms with E-state index in [1.165, 1.54) is 0 Å². The number of aromatic nitrogens is 2. The minimum atomic E-state index is -0.920. The van der Waals surface area contributed by atoms with Crippen LogP contribution in [0.3, 0.4) is 0 Å². The molecule has 0 radical (unpaired) electrons. The summed E-state index contributed by atoms with van der Waals surface area (Å²) in [5, 5.41) is 0.426. The van der Waals surface area contributed by atoms with Gasteiger partial charge >= 0.3 is 5.69 Å². The van der Waals surface area contributed by atoms with Gasteiger partial charge in [0.05, 0.1) is 10.9 Å². The van der Waals surface area contributed by atoms with E-state index in [-0.39, 0.29) is 12.0 Å². The first-order valence-corrected chi connectivity index (χ1v) is 9.09. The fourth-order valence-electron chi connectivity index (χ4n) is 4.13. The van der Waals surface area contributed by atoms with E-state index >= 15 is 0 Å². The molecule has 0 amide bonds. The molecule has 2 aliphatic rings. The molecule has 140 valence electrons. The molecule has 1 saturated heterocycles. The largest absolute Gasteiger partial charge is 0.368 e. The fraction of sp³-hybridized carbons (Fsp3) is 0.556. The summed E-state index contributed by atoms with van der Waals surface area (Å²) in [6.07, 6.45) is 1.52. The van der Waals surface area contributed by atoms with Gasteiger partial charge in [0.15, 0.2) is 0 Å². The molecule has 2 aromatic rings. The predicted octanol–water partition coefficient (Wildman–Crippen LogP) is 0.643. The van der Waals surface area contributed by atoms with Crippen molar-refractivity contribution in [1.29, 1.82) is 0 Å². The maximum atomic E-state index is 14.3. The molecule has 2 heterocycles.